The Morgan fingerprint density at radius 3 is 2.23 bits per heavy atom. The van der Waals surface area contributed by atoms with Crippen molar-refractivity contribution in [3.05, 3.63) is 89.4 Å². The number of hydrogen-bond donors (Lipinski definition) is 1. The molecule has 31 heavy (non-hydrogen) atoms. The Labute approximate surface area is 187 Å². The summed E-state index contributed by atoms with van der Waals surface area (Å²) in [6.07, 6.45) is 0.611. The van der Waals surface area contributed by atoms with Crippen LogP contribution in [0.3, 0.4) is 0 Å². The van der Waals surface area contributed by atoms with Crippen molar-refractivity contribution in [1.82, 2.24) is 5.32 Å². The van der Waals surface area contributed by atoms with E-state index in [1.54, 1.807) is 54.6 Å². The van der Waals surface area contributed by atoms with Gasteiger partial charge in [-0.15, -0.1) is 0 Å². The van der Waals surface area contributed by atoms with Gasteiger partial charge in [-0.3, -0.25) is 9.10 Å². The summed E-state index contributed by atoms with van der Waals surface area (Å²) < 4.78 is 32.8. The second-order valence-corrected chi connectivity index (χ2v) is 9.05. The molecule has 1 amide bonds. The Morgan fingerprint density at radius 1 is 0.968 bits per heavy atom. The van der Waals surface area contributed by atoms with Gasteiger partial charge in [0.15, 0.2) is 0 Å². The van der Waals surface area contributed by atoms with Crippen molar-refractivity contribution in [3.63, 3.8) is 0 Å². The second kappa shape index (κ2) is 10.3. The molecular formula is C23H23ClN2O4S. The van der Waals surface area contributed by atoms with E-state index in [0.29, 0.717) is 29.4 Å². The molecule has 0 unspecified atom stereocenters. The van der Waals surface area contributed by atoms with Crippen LogP contribution in [0.15, 0.2) is 83.8 Å². The lowest BCUT2D eigenvalue weighted by Crippen LogP contribution is -2.41. The van der Waals surface area contributed by atoms with Crippen LogP contribution in [0.5, 0.6) is 5.75 Å². The number of nitrogens with one attached hydrogen (secondary N) is 1. The van der Waals surface area contributed by atoms with Crippen LogP contribution in [0.1, 0.15) is 5.56 Å². The molecule has 1 N–H and O–H groups in total. The highest BCUT2D eigenvalue weighted by Gasteiger charge is 2.27. The first-order valence-corrected chi connectivity index (χ1v) is 11.4. The number of carbonyl (C=O) groups is 1. The Bertz CT molecular complexity index is 1100. The van der Waals surface area contributed by atoms with Crippen LogP contribution in [0.4, 0.5) is 5.69 Å². The van der Waals surface area contributed by atoms with E-state index in [9.17, 15) is 13.2 Å². The Balaban J connectivity index is 1.74. The monoisotopic (exact) mass is 458 g/mol. The van der Waals surface area contributed by atoms with Gasteiger partial charge < -0.3 is 10.1 Å². The lowest BCUT2D eigenvalue weighted by atomic mass is 10.1. The number of amides is 1. The molecule has 0 aliphatic heterocycles. The third kappa shape index (κ3) is 5.99. The van der Waals surface area contributed by atoms with E-state index in [1.165, 1.54) is 19.2 Å². The average molecular weight is 459 g/mol. The van der Waals surface area contributed by atoms with Crippen molar-refractivity contribution in [2.24, 2.45) is 0 Å². The fraction of sp³-hybridized carbons (Fsp3) is 0.174. The predicted octanol–water partition coefficient (Wildman–Crippen LogP) is 3.90. The second-order valence-electron chi connectivity index (χ2n) is 6.75. The molecule has 3 aromatic rings. The van der Waals surface area contributed by atoms with E-state index in [2.05, 4.69) is 5.32 Å². The molecule has 0 heterocycles. The van der Waals surface area contributed by atoms with Crippen molar-refractivity contribution in [2.75, 3.05) is 24.5 Å². The van der Waals surface area contributed by atoms with Gasteiger partial charge in [-0.25, -0.2) is 8.42 Å². The van der Waals surface area contributed by atoms with E-state index in [-0.39, 0.29) is 11.4 Å². The first-order valence-electron chi connectivity index (χ1n) is 9.63. The molecule has 0 bridgehead atoms. The van der Waals surface area contributed by atoms with Gasteiger partial charge in [0, 0.05) is 11.6 Å². The molecule has 3 rings (SSSR count). The van der Waals surface area contributed by atoms with Crippen molar-refractivity contribution in [2.45, 2.75) is 11.3 Å². The van der Waals surface area contributed by atoms with Crippen molar-refractivity contribution >= 4 is 33.2 Å². The molecule has 0 radical (unpaired) electrons. The fourth-order valence-corrected chi connectivity index (χ4v) is 4.51. The van der Waals surface area contributed by atoms with Gasteiger partial charge in [0.1, 0.15) is 12.3 Å². The summed E-state index contributed by atoms with van der Waals surface area (Å²) >= 11 is 5.88. The number of nitrogens with zero attached hydrogens (tertiary/aromatic N) is 1. The molecule has 0 saturated heterocycles. The molecule has 162 valence electrons. The normalized spacial score (nSPS) is 11.0. The molecule has 0 fully saturated rings. The minimum absolute atomic E-state index is 0.0751. The third-order valence-corrected chi connectivity index (χ3v) is 6.67. The van der Waals surface area contributed by atoms with Crippen LogP contribution in [0, 0.1) is 0 Å². The van der Waals surface area contributed by atoms with E-state index in [1.807, 2.05) is 12.1 Å². The summed E-state index contributed by atoms with van der Waals surface area (Å²) in [5.74, 6) is 0.153. The lowest BCUT2D eigenvalue weighted by Gasteiger charge is -2.24. The molecule has 3 aromatic carbocycles. The quantitative estimate of drug-likeness (QED) is 0.527. The molecule has 0 aliphatic rings. The van der Waals surface area contributed by atoms with Crippen LogP contribution in [0.25, 0.3) is 0 Å². The number of sulfonamides is 1. The zero-order valence-corrected chi connectivity index (χ0v) is 18.6. The number of rotatable bonds is 9. The minimum atomic E-state index is -3.95. The summed E-state index contributed by atoms with van der Waals surface area (Å²) in [5.41, 5.74) is 1.43. The number of anilines is 1. The van der Waals surface area contributed by atoms with Crippen molar-refractivity contribution in [3.8, 4) is 5.75 Å². The highest BCUT2D eigenvalue weighted by atomic mass is 35.5. The molecule has 0 aromatic heterocycles. The molecule has 0 aliphatic carbocycles. The summed E-state index contributed by atoms with van der Waals surface area (Å²) in [6, 6.07) is 22.0. The zero-order valence-electron chi connectivity index (χ0n) is 17.0. The highest BCUT2D eigenvalue weighted by molar-refractivity contribution is 7.92. The first kappa shape index (κ1) is 22.7. The number of para-hydroxylation sites is 1. The van der Waals surface area contributed by atoms with Crippen molar-refractivity contribution < 1.29 is 17.9 Å². The number of ether oxygens (including phenoxy) is 1. The van der Waals surface area contributed by atoms with E-state index in [4.69, 9.17) is 16.3 Å². The maximum absolute atomic E-state index is 13.3. The number of benzene rings is 3. The van der Waals surface area contributed by atoms with Crippen molar-refractivity contribution in [1.29, 1.82) is 0 Å². The maximum Gasteiger partial charge on any atom is 0.264 e. The van der Waals surface area contributed by atoms with Crippen LogP contribution in [-0.4, -0.2) is 34.5 Å². The lowest BCUT2D eigenvalue weighted by molar-refractivity contribution is -0.119. The van der Waals surface area contributed by atoms with Crippen LogP contribution < -0.4 is 14.4 Å². The summed E-state index contributed by atoms with van der Waals surface area (Å²) in [7, 11) is -2.45. The number of methoxy groups -OCH3 is 1. The van der Waals surface area contributed by atoms with Crippen LogP contribution >= 0.6 is 11.6 Å². The SMILES string of the molecule is COc1ccc(S(=O)(=O)N(CC(=O)NCCc2ccc(Cl)cc2)c2ccccc2)cc1. The summed E-state index contributed by atoms with van der Waals surface area (Å²) in [5, 5.41) is 3.44. The maximum atomic E-state index is 13.3. The molecule has 0 atom stereocenters. The van der Waals surface area contributed by atoms with Crippen LogP contribution in [0.2, 0.25) is 5.02 Å². The Kier molecular flexibility index (Phi) is 7.55. The number of carbonyl (C=O) groups excluding carboxylic acids is 1. The standard InChI is InChI=1S/C23H23ClN2O4S/c1-30-21-11-13-22(14-12-21)31(28,29)26(20-5-3-2-4-6-20)17-23(27)25-16-15-18-7-9-19(24)10-8-18/h2-14H,15-17H2,1H3,(H,25,27). The average Bonchev–Trinajstić information content (AvgIpc) is 2.79. The Morgan fingerprint density at radius 2 is 1.61 bits per heavy atom. The molecule has 6 nitrogen and oxygen atoms in total. The topological polar surface area (TPSA) is 75.7 Å². The van der Waals surface area contributed by atoms with Gasteiger partial charge in [-0.1, -0.05) is 41.9 Å². The largest absolute Gasteiger partial charge is 0.497 e. The first-order chi connectivity index (χ1) is 14.9. The van der Waals surface area contributed by atoms with Gasteiger partial charge in [0.05, 0.1) is 17.7 Å². The highest BCUT2D eigenvalue weighted by Crippen LogP contribution is 2.24. The van der Waals surface area contributed by atoms with Gasteiger partial charge in [0.25, 0.3) is 10.0 Å². The molecule has 8 heteroatoms. The Hall–Kier alpha value is -3.03. The third-order valence-electron chi connectivity index (χ3n) is 4.63. The molecule has 0 saturated carbocycles. The van der Waals surface area contributed by atoms with Gasteiger partial charge >= 0.3 is 0 Å². The van der Waals surface area contributed by atoms with Gasteiger partial charge in [0.2, 0.25) is 5.91 Å². The van der Waals surface area contributed by atoms with E-state index < -0.39 is 15.9 Å². The smallest absolute Gasteiger partial charge is 0.264 e. The van der Waals surface area contributed by atoms with Crippen LogP contribution in [-0.2, 0) is 21.2 Å². The van der Waals surface area contributed by atoms with Gasteiger partial charge in [-0.05, 0) is 60.5 Å². The number of hydrogen-bond acceptors (Lipinski definition) is 4. The van der Waals surface area contributed by atoms with E-state index in [0.717, 1.165) is 9.87 Å². The zero-order chi connectivity index (χ0) is 22.3. The van der Waals surface area contributed by atoms with Gasteiger partial charge in [-0.2, -0.15) is 0 Å². The summed E-state index contributed by atoms with van der Waals surface area (Å²) in [6.45, 7) is 0.0463. The van der Waals surface area contributed by atoms with E-state index >= 15 is 0 Å². The molecule has 0 spiro atoms. The number of halogens is 1. The predicted molar refractivity (Wildman–Crippen MR) is 122 cm³/mol. The summed E-state index contributed by atoms with van der Waals surface area (Å²) in [4.78, 5) is 12.7. The molecular weight excluding hydrogens is 436 g/mol. The minimum Gasteiger partial charge on any atom is -0.497 e. The fourth-order valence-electron chi connectivity index (χ4n) is 2.97.